The number of likely N-dealkylation sites (N-methyl/N-ethyl adjacent to an activating group) is 1. The first-order chi connectivity index (χ1) is 12.1. The number of aryl methyl sites for hydroxylation is 1. The molecule has 0 saturated carbocycles. The number of carbonyl (C=O) groups excluding carboxylic acids is 1. The van der Waals surface area contributed by atoms with Crippen molar-refractivity contribution in [2.45, 2.75) is 13.5 Å². The molecular weight excluding hydrogens is 314 g/mol. The van der Waals surface area contributed by atoms with Gasteiger partial charge in [-0.1, -0.05) is 24.3 Å². The van der Waals surface area contributed by atoms with Gasteiger partial charge in [0.15, 0.2) is 5.58 Å². The normalized spacial score (nSPS) is 15.8. The second-order valence-corrected chi connectivity index (χ2v) is 6.81. The van der Waals surface area contributed by atoms with Crippen molar-refractivity contribution in [3.63, 3.8) is 0 Å². The van der Waals surface area contributed by atoms with E-state index in [0.29, 0.717) is 12.2 Å². The van der Waals surface area contributed by atoms with Crippen molar-refractivity contribution < 1.29 is 9.21 Å². The molecule has 0 bridgehead atoms. The molecule has 4 rings (SSSR count). The van der Waals surface area contributed by atoms with Gasteiger partial charge < -0.3 is 18.8 Å². The summed E-state index contributed by atoms with van der Waals surface area (Å²) in [5.74, 6) is 0.0908. The van der Waals surface area contributed by atoms with Gasteiger partial charge in [0.25, 0.3) is 5.91 Å². The number of benzene rings is 1. The highest BCUT2D eigenvalue weighted by atomic mass is 16.3. The number of nitrogens with zero attached hydrogens (tertiary/aromatic N) is 3. The third kappa shape index (κ3) is 2.96. The molecule has 2 aromatic heterocycles. The van der Waals surface area contributed by atoms with Crippen molar-refractivity contribution in [2.24, 2.45) is 0 Å². The van der Waals surface area contributed by atoms with E-state index in [4.69, 9.17) is 4.42 Å². The number of hydrogen-bond acceptors (Lipinski definition) is 3. The average molecular weight is 337 g/mol. The van der Waals surface area contributed by atoms with E-state index in [1.807, 2.05) is 29.2 Å². The Morgan fingerprint density at radius 2 is 1.88 bits per heavy atom. The minimum atomic E-state index is 0.0908. The van der Waals surface area contributed by atoms with Crippen LogP contribution in [0.3, 0.4) is 0 Å². The maximum atomic E-state index is 13.1. The number of hydrogen-bond donors (Lipinski definition) is 0. The maximum absolute atomic E-state index is 13.1. The molecule has 25 heavy (non-hydrogen) atoms. The molecule has 0 radical (unpaired) electrons. The van der Waals surface area contributed by atoms with Gasteiger partial charge in [0.2, 0.25) is 0 Å². The summed E-state index contributed by atoms with van der Waals surface area (Å²) in [5, 5.41) is 0. The fraction of sp³-hybridized carbons (Fsp3) is 0.350. The first kappa shape index (κ1) is 16.0. The fourth-order valence-electron chi connectivity index (χ4n) is 3.45. The van der Waals surface area contributed by atoms with E-state index in [-0.39, 0.29) is 5.91 Å². The van der Waals surface area contributed by atoms with E-state index < -0.39 is 0 Å². The second-order valence-electron chi connectivity index (χ2n) is 6.81. The van der Waals surface area contributed by atoms with Gasteiger partial charge in [0.1, 0.15) is 5.69 Å². The van der Waals surface area contributed by atoms with Crippen LogP contribution in [0.1, 0.15) is 21.6 Å². The van der Waals surface area contributed by atoms with Crippen molar-refractivity contribution in [2.75, 3.05) is 33.2 Å². The number of carbonyl (C=O) groups is 1. The highest BCUT2D eigenvalue weighted by Crippen LogP contribution is 2.24. The van der Waals surface area contributed by atoms with Gasteiger partial charge in [-0.05, 0) is 25.1 Å². The third-order valence-electron chi connectivity index (χ3n) is 5.12. The summed E-state index contributed by atoms with van der Waals surface area (Å²) in [4.78, 5) is 17.3. The predicted molar refractivity (Wildman–Crippen MR) is 97.9 cm³/mol. The zero-order chi connectivity index (χ0) is 17.4. The molecule has 1 fully saturated rings. The number of amides is 1. The topological polar surface area (TPSA) is 41.6 Å². The third-order valence-corrected chi connectivity index (χ3v) is 5.12. The zero-order valence-electron chi connectivity index (χ0n) is 14.7. The molecule has 1 amide bonds. The minimum absolute atomic E-state index is 0.0908. The summed E-state index contributed by atoms with van der Waals surface area (Å²) >= 11 is 0. The van der Waals surface area contributed by atoms with E-state index in [1.165, 1.54) is 11.1 Å². The highest BCUT2D eigenvalue weighted by Gasteiger charge is 2.25. The molecule has 0 atom stereocenters. The van der Waals surface area contributed by atoms with Crippen LogP contribution in [-0.4, -0.2) is 53.5 Å². The van der Waals surface area contributed by atoms with E-state index in [0.717, 1.165) is 37.3 Å². The van der Waals surface area contributed by atoms with Crippen LogP contribution in [0.15, 0.2) is 47.1 Å². The lowest BCUT2D eigenvalue weighted by atomic mass is 10.1. The summed E-state index contributed by atoms with van der Waals surface area (Å²) in [7, 11) is 2.09. The van der Waals surface area contributed by atoms with Crippen molar-refractivity contribution in [3.05, 3.63) is 59.5 Å². The van der Waals surface area contributed by atoms with Gasteiger partial charge in [-0.25, -0.2) is 0 Å². The SMILES string of the molecule is Cc1ccccc1Cn1c(C(=O)N2CCN(C)CC2)cc2occc21. The molecule has 1 aliphatic heterocycles. The number of furan rings is 1. The van der Waals surface area contributed by atoms with Crippen LogP contribution in [0.2, 0.25) is 0 Å². The monoisotopic (exact) mass is 337 g/mol. The van der Waals surface area contributed by atoms with Crippen molar-refractivity contribution in [3.8, 4) is 0 Å². The molecule has 3 aromatic rings. The van der Waals surface area contributed by atoms with Crippen LogP contribution in [0.4, 0.5) is 0 Å². The van der Waals surface area contributed by atoms with E-state index in [1.54, 1.807) is 6.26 Å². The Bertz CT molecular complexity index is 901. The van der Waals surface area contributed by atoms with Crippen molar-refractivity contribution in [1.82, 2.24) is 14.4 Å². The molecule has 1 aromatic carbocycles. The number of piperazine rings is 1. The Morgan fingerprint density at radius 1 is 1.12 bits per heavy atom. The van der Waals surface area contributed by atoms with Gasteiger partial charge in [-0.15, -0.1) is 0 Å². The smallest absolute Gasteiger partial charge is 0.270 e. The number of fused-ring (bicyclic) bond motifs is 1. The van der Waals surface area contributed by atoms with E-state index in [2.05, 4.69) is 35.6 Å². The Labute approximate surface area is 147 Å². The Kier molecular flexibility index (Phi) is 4.09. The van der Waals surface area contributed by atoms with Crippen LogP contribution in [0, 0.1) is 6.92 Å². The molecule has 0 spiro atoms. The van der Waals surface area contributed by atoms with Crippen LogP contribution in [-0.2, 0) is 6.54 Å². The Balaban J connectivity index is 1.70. The summed E-state index contributed by atoms with van der Waals surface area (Å²) in [5.41, 5.74) is 4.90. The predicted octanol–water partition coefficient (Wildman–Crippen LogP) is 2.98. The lowest BCUT2D eigenvalue weighted by Gasteiger charge is -2.32. The first-order valence-electron chi connectivity index (χ1n) is 8.72. The van der Waals surface area contributed by atoms with Gasteiger partial charge >= 0.3 is 0 Å². The highest BCUT2D eigenvalue weighted by molar-refractivity contribution is 5.97. The maximum Gasteiger partial charge on any atom is 0.270 e. The van der Waals surface area contributed by atoms with Gasteiger partial charge in [-0.2, -0.15) is 0 Å². The number of aromatic nitrogens is 1. The minimum Gasteiger partial charge on any atom is -0.463 e. The molecule has 0 aliphatic carbocycles. The van der Waals surface area contributed by atoms with Crippen LogP contribution in [0.5, 0.6) is 0 Å². The van der Waals surface area contributed by atoms with Crippen molar-refractivity contribution in [1.29, 1.82) is 0 Å². The van der Waals surface area contributed by atoms with Crippen LogP contribution < -0.4 is 0 Å². The molecule has 5 nitrogen and oxygen atoms in total. The summed E-state index contributed by atoms with van der Waals surface area (Å²) < 4.78 is 7.65. The van der Waals surface area contributed by atoms with E-state index >= 15 is 0 Å². The molecule has 0 N–H and O–H groups in total. The molecular formula is C20H23N3O2. The summed E-state index contributed by atoms with van der Waals surface area (Å²) in [6, 6.07) is 12.1. The Morgan fingerprint density at radius 3 is 2.64 bits per heavy atom. The number of rotatable bonds is 3. The molecule has 5 heteroatoms. The molecule has 3 heterocycles. The quantitative estimate of drug-likeness (QED) is 0.738. The fourth-order valence-corrected chi connectivity index (χ4v) is 3.45. The second kappa shape index (κ2) is 6.41. The molecule has 1 aliphatic rings. The first-order valence-corrected chi connectivity index (χ1v) is 8.72. The van der Waals surface area contributed by atoms with Crippen LogP contribution in [0.25, 0.3) is 11.1 Å². The zero-order valence-corrected chi connectivity index (χ0v) is 14.7. The molecule has 1 saturated heterocycles. The van der Waals surface area contributed by atoms with Crippen LogP contribution >= 0.6 is 0 Å². The van der Waals surface area contributed by atoms with Crippen molar-refractivity contribution >= 4 is 17.0 Å². The Hall–Kier alpha value is -2.53. The van der Waals surface area contributed by atoms with E-state index in [9.17, 15) is 4.79 Å². The molecule has 130 valence electrons. The largest absolute Gasteiger partial charge is 0.463 e. The lowest BCUT2D eigenvalue weighted by molar-refractivity contribution is 0.0654. The lowest BCUT2D eigenvalue weighted by Crippen LogP contribution is -2.47. The van der Waals surface area contributed by atoms with Gasteiger partial charge in [0.05, 0.1) is 11.8 Å². The van der Waals surface area contributed by atoms with Gasteiger partial charge in [-0.3, -0.25) is 4.79 Å². The van der Waals surface area contributed by atoms with Gasteiger partial charge in [0, 0.05) is 44.9 Å². The summed E-state index contributed by atoms with van der Waals surface area (Å²) in [6.45, 7) is 6.15. The average Bonchev–Trinajstić information content (AvgIpc) is 3.19. The summed E-state index contributed by atoms with van der Waals surface area (Å²) in [6.07, 6.45) is 1.68. The standard InChI is InChI=1S/C20H23N3O2/c1-15-5-3-4-6-16(15)14-23-17-7-12-25-19(17)13-18(23)20(24)22-10-8-21(2)9-11-22/h3-7,12-13H,8-11,14H2,1-2H3. The molecule has 0 unspecified atom stereocenters.